The van der Waals surface area contributed by atoms with E-state index in [9.17, 15) is 8.42 Å². The Balaban J connectivity index is 2.38. The van der Waals surface area contributed by atoms with E-state index in [-0.39, 0.29) is 6.04 Å². The summed E-state index contributed by atoms with van der Waals surface area (Å²) in [5.41, 5.74) is 0.981. The zero-order valence-electron chi connectivity index (χ0n) is 11.7. The van der Waals surface area contributed by atoms with Crippen molar-refractivity contribution in [1.29, 1.82) is 0 Å². The Labute approximate surface area is 128 Å². The molecule has 2 rings (SSSR count). The molecule has 2 heterocycles. The van der Waals surface area contributed by atoms with Crippen LogP contribution in [0.3, 0.4) is 0 Å². The van der Waals surface area contributed by atoms with Crippen molar-refractivity contribution < 1.29 is 8.42 Å². The number of nitrogens with zero attached hydrogens (tertiary/aromatic N) is 1. The molecule has 3 atom stereocenters. The van der Waals surface area contributed by atoms with Gasteiger partial charge in [0.15, 0.2) is 0 Å². The number of hydrogen-bond acceptors (Lipinski definition) is 3. The van der Waals surface area contributed by atoms with E-state index >= 15 is 0 Å². The molecule has 1 aliphatic heterocycles. The highest BCUT2D eigenvalue weighted by Gasteiger charge is 2.37. The van der Waals surface area contributed by atoms with Gasteiger partial charge >= 0.3 is 0 Å². The van der Waals surface area contributed by atoms with Crippen LogP contribution < -0.4 is 0 Å². The molecular formula is C13H20BrNO2S2. The van der Waals surface area contributed by atoms with Crippen molar-refractivity contribution in [2.24, 2.45) is 11.8 Å². The molecule has 0 saturated carbocycles. The fraction of sp³-hybridized carbons (Fsp3) is 0.692. The van der Waals surface area contributed by atoms with Gasteiger partial charge in [0.05, 0.1) is 3.79 Å². The molecule has 0 radical (unpaired) electrons. The summed E-state index contributed by atoms with van der Waals surface area (Å²) < 4.78 is 28.6. The van der Waals surface area contributed by atoms with E-state index in [4.69, 9.17) is 0 Å². The maximum Gasteiger partial charge on any atom is 0.252 e. The number of thiophene rings is 1. The quantitative estimate of drug-likeness (QED) is 0.797. The minimum Gasteiger partial charge on any atom is -0.206 e. The second-order valence-corrected chi connectivity index (χ2v) is 10.1. The fourth-order valence-corrected chi connectivity index (χ4v) is 6.86. The molecule has 1 aliphatic rings. The molecule has 1 aromatic heterocycles. The Morgan fingerprint density at radius 3 is 2.53 bits per heavy atom. The van der Waals surface area contributed by atoms with Gasteiger partial charge in [-0.3, -0.25) is 0 Å². The highest BCUT2D eigenvalue weighted by atomic mass is 79.9. The molecule has 6 heteroatoms. The molecule has 108 valence electrons. The van der Waals surface area contributed by atoms with Crippen molar-refractivity contribution in [1.82, 2.24) is 4.31 Å². The van der Waals surface area contributed by atoms with Crippen LogP contribution in [0.1, 0.15) is 32.8 Å². The van der Waals surface area contributed by atoms with E-state index in [0.717, 1.165) is 15.8 Å². The van der Waals surface area contributed by atoms with E-state index < -0.39 is 10.0 Å². The number of rotatable bonds is 2. The van der Waals surface area contributed by atoms with Gasteiger partial charge in [0.1, 0.15) is 4.21 Å². The fourth-order valence-electron chi connectivity index (χ4n) is 2.65. The summed E-state index contributed by atoms with van der Waals surface area (Å²) in [6.45, 7) is 8.83. The van der Waals surface area contributed by atoms with Crippen LogP contribution in [0, 0.1) is 18.8 Å². The van der Waals surface area contributed by atoms with Crippen molar-refractivity contribution in [2.75, 3.05) is 6.54 Å². The van der Waals surface area contributed by atoms with Crippen molar-refractivity contribution in [2.45, 2.75) is 44.4 Å². The lowest BCUT2D eigenvalue weighted by atomic mass is 9.88. The van der Waals surface area contributed by atoms with Crippen LogP contribution in [0.5, 0.6) is 0 Å². The predicted molar refractivity (Wildman–Crippen MR) is 83.1 cm³/mol. The second kappa shape index (κ2) is 5.47. The summed E-state index contributed by atoms with van der Waals surface area (Å²) >= 11 is 4.71. The molecule has 3 unspecified atom stereocenters. The van der Waals surface area contributed by atoms with Gasteiger partial charge in [-0.2, -0.15) is 4.31 Å². The summed E-state index contributed by atoms with van der Waals surface area (Å²) in [5, 5.41) is 0. The Bertz CT molecular complexity index is 548. The number of hydrogen-bond donors (Lipinski definition) is 0. The van der Waals surface area contributed by atoms with E-state index in [1.54, 1.807) is 10.4 Å². The lowest BCUT2D eigenvalue weighted by Gasteiger charge is -2.39. The zero-order valence-corrected chi connectivity index (χ0v) is 14.9. The maximum absolute atomic E-state index is 12.8. The molecule has 0 amide bonds. The molecule has 0 aliphatic carbocycles. The Morgan fingerprint density at radius 1 is 1.37 bits per heavy atom. The molecule has 0 bridgehead atoms. The summed E-state index contributed by atoms with van der Waals surface area (Å²) in [5.74, 6) is 0.827. The molecule has 0 N–H and O–H groups in total. The third-order valence-electron chi connectivity index (χ3n) is 3.94. The zero-order chi connectivity index (χ0) is 14.4. The largest absolute Gasteiger partial charge is 0.252 e. The summed E-state index contributed by atoms with van der Waals surface area (Å²) in [6.07, 6.45) is 1.10. The highest BCUT2D eigenvalue weighted by Crippen LogP contribution is 2.36. The van der Waals surface area contributed by atoms with Gasteiger partial charge in [-0.25, -0.2) is 8.42 Å². The average molecular weight is 366 g/mol. The smallest absolute Gasteiger partial charge is 0.206 e. The van der Waals surface area contributed by atoms with Crippen LogP contribution in [-0.2, 0) is 10.0 Å². The molecule has 1 fully saturated rings. The van der Waals surface area contributed by atoms with Crippen LogP contribution in [0.25, 0.3) is 0 Å². The molecule has 0 aromatic carbocycles. The summed E-state index contributed by atoms with van der Waals surface area (Å²) in [6, 6.07) is 1.84. The van der Waals surface area contributed by atoms with Gasteiger partial charge in [-0.1, -0.05) is 13.8 Å². The topological polar surface area (TPSA) is 37.4 Å². The van der Waals surface area contributed by atoms with Crippen molar-refractivity contribution in [3.05, 3.63) is 15.4 Å². The maximum atomic E-state index is 12.8. The van der Waals surface area contributed by atoms with Crippen LogP contribution in [0.15, 0.2) is 14.1 Å². The van der Waals surface area contributed by atoms with Gasteiger partial charge in [-0.15, -0.1) is 11.3 Å². The molecule has 1 aromatic rings. The van der Waals surface area contributed by atoms with Gasteiger partial charge in [0.25, 0.3) is 10.0 Å². The Hall–Kier alpha value is 0.0900. The van der Waals surface area contributed by atoms with Gasteiger partial charge in [-0.05, 0) is 59.7 Å². The van der Waals surface area contributed by atoms with Crippen molar-refractivity contribution >= 4 is 37.3 Å². The van der Waals surface area contributed by atoms with Crippen LogP contribution in [-0.4, -0.2) is 25.3 Å². The summed E-state index contributed by atoms with van der Waals surface area (Å²) in [4.78, 5) is 0. The minimum atomic E-state index is -3.36. The van der Waals surface area contributed by atoms with E-state index in [0.29, 0.717) is 22.6 Å². The number of halogens is 1. The summed E-state index contributed by atoms with van der Waals surface area (Å²) in [7, 11) is -3.36. The Kier molecular flexibility index (Phi) is 4.45. The molecule has 3 nitrogen and oxygen atoms in total. The standard InChI is InChI=1S/C13H20BrNO2S2/c1-8-5-9(2)11(4)15(7-8)19(16,17)12-6-10(3)13(14)18-12/h6,8-9,11H,5,7H2,1-4H3. The first-order valence-electron chi connectivity index (χ1n) is 6.51. The predicted octanol–water partition coefficient (Wildman–Crippen LogP) is 3.87. The van der Waals surface area contributed by atoms with Crippen LogP contribution >= 0.6 is 27.3 Å². The lowest BCUT2D eigenvalue weighted by molar-refractivity contribution is 0.157. The first-order chi connectivity index (χ1) is 8.73. The van der Waals surface area contributed by atoms with Gasteiger partial charge in [0, 0.05) is 12.6 Å². The van der Waals surface area contributed by atoms with E-state index in [2.05, 4.69) is 29.8 Å². The molecule has 19 heavy (non-hydrogen) atoms. The minimum absolute atomic E-state index is 0.0716. The number of piperidine rings is 1. The Morgan fingerprint density at radius 2 is 2.00 bits per heavy atom. The van der Waals surface area contributed by atoms with Crippen LogP contribution in [0.4, 0.5) is 0 Å². The number of sulfonamides is 1. The molecule has 1 saturated heterocycles. The van der Waals surface area contributed by atoms with E-state index in [1.807, 2.05) is 13.8 Å². The van der Waals surface area contributed by atoms with Crippen molar-refractivity contribution in [3.63, 3.8) is 0 Å². The SMILES string of the molecule is Cc1cc(S(=O)(=O)N2CC(C)CC(C)C2C)sc1Br. The third-order valence-corrected chi connectivity index (χ3v) is 8.48. The molecule has 0 spiro atoms. The van der Waals surface area contributed by atoms with Gasteiger partial charge in [0.2, 0.25) is 0 Å². The monoisotopic (exact) mass is 365 g/mol. The highest BCUT2D eigenvalue weighted by molar-refractivity contribution is 9.11. The van der Waals surface area contributed by atoms with E-state index in [1.165, 1.54) is 11.3 Å². The van der Waals surface area contributed by atoms with Crippen LogP contribution in [0.2, 0.25) is 0 Å². The molecular weight excluding hydrogens is 346 g/mol. The first-order valence-corrected chi connectivity index (χ1v) is 9.56. The lowest BCUT2D eigenvalue weighted by Crippen LogP contribution is -2.48. The van der Waals surface area contributed by atoms with Gasteiger partial charge < -0.3 is 0 Å². The number of aryl methyl sites for hydroxylation is 1. The second-order valence-electron chi connectivity index (χ2n) is 5.66. The average Bonchev–Trinajstić information content (AvgIpc) is 2.65. The first kappa shape index (κ1) is 15.5. The van der Waals surface area contributed by atoms with Crippen molar-refractivity contribution in [3.8, 4) is 0 Å². The third kappa shape index (κ3) is 2.91. The normalized spacial score (nSPS) is 29.6.